The zero-order valence-corrected chi connectivity index (χ0v) is 13.3. The Morgan fingerprint density at radius 3 is 1.88 bits per heavy atom. The Hall–Kier alpha value is -2.55. The van der Waals surface area contributed by atoms with Gasteiger partial charge in [-0.15, -0.1) is 0 Å². The third kappa shape index (κ3) is 3.35. The summed E-state index contributed by atoms with van der Waals surface area (Å²) < 4.78 is 41.7. The smallest absolute Gasteiger partial charge is 0.131 e. The van der Waals surface area contributed by atoms with Crippen LogP contribution in [0, 0.1) is 17.5 Å². The van der Waals surface area contributed by atoms with E-state index in [1.807, 2.05) is 13.0 Å². The van der Waals surface area contributed by atoms with E-state index < -0.39 is 5.82 Å². The standard InChI is InChI=1S/C21H17F3/c1-2-3-14-4-10-19(20(23)12-14)16-7-11-18(21(24)13-16)15-5-8-17(22)9-6-15/h4-13H,2-3H2,1H3. The lowest BCUT2D eigenvalue weighted by molar-refractivity contribution is 0.623. The molecule has 3 heteroatoms. The number of hydrogen-bond donors (Lipinski definition) is 0. The maximum atomic E-state index is 14.4. The topological polar surface area (TPSA) is 0 Å². The summed E-state index contributed by atoms with van der Waals surface area (Å²) in [5.41, 5.74) is 2.74. The average Bonchev–Trinajstić information content (AvgIpc) is 2.56. The molecule has 0 aliphatic rings. The summed E-state index contributed by atoms with van der Waals surface area (Å²) in [6, 6.07) is 15.3. The first-order valence-electron chi connectivity index (χ1n) is 7.93. The normalized spacial score (nSPS) is 10.8. The van der Waals surface area contributed by atoms with Gasteiger partial charge in [-0.1, -0.05) is 49.7 Å². The summed E-state index contributed by atoms with van der Waals surface area (Å²) in [5, 5.41) is 0. The Morgan fingerprint density at radius 2 is 1.25 bits per heavy atom. The summed E-state index contributed by atoms with van der Waals surface area (Å²) in [4.78, 5) is 0. The highest BCUT2D eigenvalue weighted by molar-refractivity contribution is 5.71. The number of hydrogen-bond acceptors (Lipinski definition) is 0. The predicted molar refractivity (Wildman–Crippen MR) is 91.2 cm³/mol. The molecule has 3 rings (SSSR count). The Kier molecular flexibility index (Phi) is 4.70. The number of rotatable bonds is 4. The number of halogens is 3. The van der Waals surface area contributed by atoms with Crippen molar-refractivity contribution in [2.24, 2.45) is 0 Å². The molecule has 0 atom stereocenters. The third-order valence-electron chi connectivity index (χ3n) is 4.01. The van der Waals surface area contributed by atoms with E-state index in [-0.39, 0.29) is 11.6 Å². The van der Waals surface area contributed by atoms with Gasteiger partial charge in [-0.25, -0.2) is 13.2 Å². The van der Waals surface area contributed by atoms with Gasteiger partial charge in [0.1, 0.15) is 17.5 Å². The molecule has 0 saturated heterocycles. The van der Waals surface area contributed by atoms with Gasteiger partial charge >= 0.3 is 0 Å². The van der Waals surface area contributed by atoms with Crippen molar-refractivity contribution in [3.63, 3.8) is 0 Å². The Balaban J connectivity index is 1.96. The van der Waals surface area contributed by atoms with E-state index in [0.717, 1.165) is 18.4 Å². The van der Waals surface area contributed by atoms with Crippen molar-refractivity contribution in [1.82, 2.24) is 0 Å². The second kappa shape index (κ2) is 6.91. The fourth-order valence-electron chi connectivity index (χ4n) is 2.78. The van der Waals surface area contributed by atoms with Gasteiger partial charge in [-0.2, -0.15) is 0 Å². The Labute approximate surface area is 139 Å². The van der Waals surface area contributed by atoms with Gasteiger partial charge in [0, 0.05) is 11.1 Å². The third-order valence-corrected chi connectivity index (χ3v) is 4.01. The van der Waals surface area contributed by atoms with Gasteiger partial charge in [0.15, 0.2) is 0 Å². The van der Waals surface area contributed by atoms with Crippen LogP contribution >= 0.6 is 0 Å². The first-order chi connectivity index (χ1) is 11.6. The predicted octanol–water partition coefficient (Wildman–Crippen LogP) is 6.39. The summed E-state index contributed by atoms with van der Waals surface area (Å²) in [6.07, 6.45) is 1.76. The molecule has 0 aliphatic carbocycles. The van der Waals surface area contributed by atoms with Crippen molar-refractivity contribution in [3.8, 4) is 22.3 Å². The molecular weight excluding hydrogens is 309 g/mol. The molecule has 0 heterocycles. The van der Waals surface area contributed by atoms with Crippen LogP contribution in [0.2, 0.25) is 0 Å². The second-order valence-electron chi connectivity index (χ2n) is 5.77. The highest BCUT2D eigenvalue weighted by atomic mass is 19.1. The van der Waals surface area contributed by atoms with Crippen LogP contribution in [-0.2, 0) is 6.42 Å². The summed E-state index contributed by atoms with van der Waals surface area (Å²) >= 11 is 0. The van der Waals surface area contributed by atoms with Crippen LogP contribution in [0.4, 0.5) is 13.2 Å². The monoisotopic (exact) mass is 326 g/mol. The van der Waals surface area contributed by atoms with Crippen LogP contribution in [0.3, 0.4) is 0 Å². The molecule has 0 fully saturated rings. The molecular formula is C21H17F3. The largest absolute Gasteiger partial charge is 0.207 e. The summed E-state index contributed by atoms with van der Waals surface area (Å²) in [6.45, 7) is 2.04. The van der Waals surface area contributed by atoms with Crippen molar-refractivity contribution < 1.29 is 13.2 Å². The van der Waals surface area contributed by atoms with Crippen molar-refractivity contribution in [2.45, 2.75) is 19.8 Å². The average molecular weight is 326 g/mol. The molecule has 0 unspecified atom stereocenters. The van der Waals surface area contributed by atoms with Crippen LogP contribution in [0.5, 0.6) is 0 Å². The number of benzene rings is 3. The van der Waals surface area contributed by atoms with Crippen molar-refractivity contribution in [3.05, 3.63) is 83.7 Å². The minimum atomic E-state index is -0.462. The fourth-order valence-corrected chi connectivity index (χ4v) is 2.78. The lowest BCUT2D eigenvalue weighted by atomic mass is 9.98. The van der Waals surface area contributed by atoms with Crippen molar-refractivity contribution >= 4 is 0 Å². The maximum absolute atomic E-state index is 14.4. The maximum Gasteiger partial charge on any atom is 0.131 e. The molecule has 0 amide bonds. The Morgan fingerprint density at radius 1 is 0.667 bits per heavy atom. The van der Waals surface area contributed by atoms with E-state index >= 15 is 0 Å². The molecule has 0 aliphatic heterocycles. The molecule has 0 bridgehead atoms. The molecule has 0 radical (unpaired) electrons. The van der Waals surface area contributed by atoms with Gasteiger partial charge in [0.25, 0.3) is 0 Å². The highest BCUT2D eigenvalue weighted by Gasteiger charge is 2.11. The van der Waals surface area contributed by atoms with E-state index in [2.05, 4.69) is 0 Å². The van der Waals surface area contributed by atoms with E-state index in [4.69, 9.17) is 0 Å². The quantitative estimate of drug-likeness (QED) is 0.521. The van der Waals surface area contributed by atoms with E-state index in [9.17, 15) is 13.2 Å². The molecule has 0 nitrogen and oxygen atoms in total. The molecule has 0 aromatic heterocycles. The molecule has 0 N–H and O–H groups in total. The minimum absolute atomic E-state index is 0.352. The molecule has 3 aromatic carbocycles. The Bertz CT molecular complexity index is 851. The van der Waals surface area contributed by atoms with Crippen LogP contribution in [0.15, 0.2) is 60.7 Å². The molecule has 0 saturated carbocycles. The molecule has 0 spiro atoms. The zero-order chi connectivity index (χ0) is 17.1. The SMILES string of the molecule is CCCc1ccc(-c2ccc(-c3ccc(F)cc3)c(F)c2)c(F)c1. The van der Waals surface area contributed by atoms with Crippen molar-refractivity contribution in [2.75, 3.05) is 0 Å². The van der Waals surface area contributed by atoms with Crippen LogP contribution in [0.25, 0.3) is 22.3 Å². The number of aryl methyl sites for hydroxylation is 1. The first-order valence-corrected chi connectivity index (χ1v) is 7.93. The van der Waals surface area contributed by atoms with Gasteiger partial charge < -0.3 is 0 Å². The highest BCUT2D eigenvalue weighted by Crippen LogP contribution is 2.30. The summed E-state index contributed by atoms with van der Waals surface area (Å²) in [5.74, 6) is -1.18. The lowest BCUT2D eigenvalue weighted by Gasteiger charge is -2.09. The lowest BCUT2D eigenvalue weighted by Crippen LogP contribution is -1.91. The van der Waals surface area contributed by atoms with E-state index in [1.54, 1.807) is 18.2 Å². The first kappa shape index (κ1) is 16.3. The van der Waals surface area contributed by atoms with E-state index in [0.29, 0.717) is 22.3 Å². The van der Waals surface area contributed by atoms with E-state index in [1.165, 1.54) is 36.4 Å². The molecule has 3 aromatic rings. The zero-order valence-electron chi connectivity index (χ0n) is 13.3. The van der Waals surface area contributed by atoms with Crippen molar-refractivity contribution in [1.29, 1.82) is 0 Å². The van der Waals surface area contributed by atoms with Gasteiger partial charge in [-0.05, 0) is 47.4 Å². The molecule has 122 valence electrons. The minimum Gasteiger partial charge on any atom is -0.207 e. The summed E-state index contributed by atoms with van der Waals surface area (Å²) in [7, 11) is 0. The van der Waals surface area contributed by atoms with Crippen LogP contribution in [-0.4, -0.2) is 0 Å². The van der Waals surface area contributed by atoms with Gasteiger partial charge in [0.05, 0.1) is 0 Å². The molecule has 24 heavy (non-hydrogen) atoms. The second-order valence-corrected chi connectivity index (χ2v) is 5.77. The van der Waals surface area contributed by atoms with Gasteiger partial charge in [0.2, 0.25) is 0 Å². The van der Waals surface area contributed by atoms with Gasteiger partial charge in [-0.3, -0.25) is 0 Å². The fraction of sp³-hybridized carbons (Fsp3) is 0.143. The van der Waals surface area contributed by atoms with Crippen LogP contribution in [0.1, 0.15) is 18.9 Å². The van der Waals surface area contributed by atoms with Crippen LogP contribution < -0.4 is 0 Å².